The van der Waals surface area contributed by atoms with Gasteiger partial charge in [-0.05, 0) is 30.7 Å². The van der Waals surface area contributed by atoms with E-state index in [2.05, 4.69) is 15.3 Å². The third-order valence-corrected chi connectivity index (χ3v) is 3.26. The molecule has 0 aliphatic carbocycles. The van der Waals surface area contributed by atoms with Crippen molar-refractivity contribution in [2.45, 2.75) is 19.6 Å². The van der Waals surface area contributed by atoms with E-state index in [-0.39, 0.29) is 6.79 Å². The van der Waals surface area contributed by atoms with E-state index in [1.807, 2.05) is 31.2 Å². The molecule has 2 N–H and O–H groups in total. The summed E-state index contributed by atoms with van der Waals surface area (Å²) in [5, 5.41) is 13.4. The zero-order chi connectivity index (χ0) is 14.7. The summed E-state index contributed by atoms with van der Waals surface area (Å²) in [7, 11) is 0. The van der Waals surface area contributed by atoms with Crippen LogP contribution in [0.5, 0.6) is 11.5 Å². The van der Waals surface area contributed by atoms with E-state index in [1.54, 1.807) is 6.20 Å². The summed E-state index contributed by atoms with van der Waals surface area (Å²) < 4.78 is 10.6. The first kappa shape index (κ1) is 13.8. The normalized spacial score (nSPS) is 14.2. The number of hydrogen-bond donors (Lipinski definition) is 2. The zero-order valence-corrected chi connectivity index (χ0v) is 11.7. The van der Waals surface area contributed by atoms with Crippen molar-refractivity contribution in [3.8, 4) is 11.5 Å². The first-order valence-electron chi connectivity index (χ1n) is 6.79. The van der Waals surface area contributed by atoms with Gasteiger partial charge in [-0.3, -0.25) is 0 Å². The van der Waals surface area contributed by atoms with Crippen LogP contribution in [0.3, 0.4) is 0 Å². The molecule has 0 bridgehead atoms. The molecule has 0 spiro atoms. The molecule has 21 heavy (non-hydrogen) atoms. The second-order valence-electron chi connectivity index (χ2n) is 4.85. The highest BCUT2D eigenvalue weighted by atomic mass is 16.7. The summed E-state index contributed by atoms with van der Waals surface area (Å²) in [5.41, 5.74) is 1.70. The predicted molar refractivity (Wildman–Crippen MR) is 76.0 cm³/mol. The predicted octanol–water partition coefficient (Wildman–Crippen LogP) is 1.34. The van der Waals surface area contributed by atoms with Gasteiger partial charge in [-0.1, -0.05) is 6.07 Å². The van der Waals surface area contributed by atoms with Crippen LogP contribution in [0.4, 0.5) is 0 Å². The van der Waals surface area contributed by atoms with Crippen LogP contribution in [0.15, 0.2) is 30.5 Å². The third-order valence-electron chi connectivity index (χ3n) is 3.26. The molecule has 1 atom stereocenters. The molecule has 110 valence electrons. The molecule has 1 aromatic heterocycles. The molecule has 0 saturated heterocycles. The van der Waals surface area contributed by atoms with Crippen molar-refractivity contribution in [2.75, 3.05) is 13.3 Å². The number of rotatable bonds is 5. The van der Waals surface area contributed by atoms with Gasteiger partial charge < -0.3 is 19.9 Å². The lowest BCUT2D eigenvalue weighted by atomic mass is 10.1. The monoisotopic (exact) mass is 287 g/mol. The topological polar surface area (TPSA) is 76.5 Å². The fourth-order valence-corrected chi connectivity index (χ4v) is 2.18. The minimum absolute atomic E-state index is 0.236. The summed E-state index contributed by atoms with van der Waals surface area (Å²) in [6.07, 6.45) is 1.12. The number of hydrogen-bond acceptors (Lipinski definition) is 6. The second kappa shape index (κ2) is 6.07. The highest BCUT2D eigenvalue weighted by Gasteiger charge is 2.16. The van der Waals surface area contributed by atoms with E-state index in [0.717, 1.165) is 22.8 Å². The molecular formula is C15H17N3O3. The molecule has 0 fully saturated rings. The van der Waals surface area contributed by atoms with Gasteiger partial charge in [0.25, 0.3) is 0 Å². The van der Waals surface area contributed by atoms with Gasteiger partial charge in [0.05, 0.1) is 11.8 Å². The van der Waals surface area contributed by atoms with E-state index < -0.39 is 6.10 Å². The maximum atomic E-state index is 10.2. The van der Waals surface area contributed by atoms with Gasteiger partial charge in [0.2, 0.25) is 6.79 Å². The van der Waals surface area contributed by atoms with Gasteiger partial charge in [-0.25, -0.2) is 9.97 Å². The average Bonchev–Trinajstić information content (AvgIpc) is 2.94. The van der Waals surface area contributed by atoms with Crippen LogP contribution in [0.2, 0.25) is 0 Å². The quantitative estimate of drug-likeness (QED) is 0.864. The minimum Gasteiger partial charge on any atom is -0.454 e. The molecule has 1 unspecified atom stereocenters. The second-order valence-corrected chi connectivity index (χ2v) is 4.85. The van der Waals surface area contributed by atoms with E-state index >= 15 is 0 Å². The lowest BCUT2D eigenvalue weighted by Crippen LogP contribution is -2.21. The van der Waals surface area contributed by atoms with Crippen molar-refractivity contribution in [3.63, 3.8) is 0 Å². The van der Waals surface area contributed by atoms with E-state index in [1.165, 1.54) is 0 Å². The number of nitrogens with zero attached hydrogens (tertiary/aromatic N) is 2. The lowest BCUT2D eigenvalue weighted by Gasteiger charge is -2.12. The Morgan fingerprint density at radius 1 is 1.29 bits per heavy atom. The van der Waals surface area contributed by atoms with Crippen molar-refractivity contribution in [2.24, 2.45) is 0 Å². The molecule has 3 rings (SSSR count). The molecule has 0 saturated carbocycles. The van der Waals surface area contributed by atoms with Crippen LogP contribution in [-0.2, 0) is 6.54 Å². The van der Waals surface area contributed by atoms with Gasteiger partial charge in [-0.2, -0.15) is 0 Å². The van der Waals surface area contributed by atoms with Crippen molar-refractivity contribution in [3.05, 3.63) is 47.5 Å². The van der Waals surface area contributed by atoms with Crippen LogP contribution in [0, 0.1) is 6.92 Å². The Balaban J connectivity index is 1.55. The average molecular weight is 287 g/mol. The summed E-state index contributed by atoms with van der Waals surface area (Å²) in [6.45, 7) is 3.11. The van der Waals surface area contributed by atoms with Crippen LogP contribution >= 0.6 is 0 Å². The number of ether oxygens (including phenoxy) is 2. The van der Waals surface area contributed by atoms with E-state index in [9.17, 15) is 5.11 Å². The molecular weight excluding hydrogens is 270 g/mol. The van der Waals surface area contributed by atoms with Gasteiger partial charge in [-0.15, -0.1) is 0 Å². The molecule has 1 aliphatic rings. The number of nitrogens with one attached hydrogen (secondary N) is 1. The van der Waals surface area contributed by atoms with Gasteiger partial charge >= 0.3 is 0 Å². The van der Waals surface area contributed by atoms with Crippen LogP contribution in [-0.4, -0.2) is 28.4 Å². The van der Waals surface area contributed by atoms with Gasteiger partial charge in [0, 0.05) is 19.3 Å². The van der Waals surface area contributed by atoms with Crippen LogP contribution < -0.4 is 14.8 Å². The van der Waals surface area contributed by atoms with Crippen molar-refractivity contribution in [1.82, 2.24) is 15.3 Å². The molecule has 2 aromatic rings. The molecule has 0 radical (unpaired) electrons. The molecule has 2 heterocycles. The number of aryl methyl sites for hydroxylation is 1. The fraction of sp³-hybridized carbons (Fsp3) is 0.333. The number of aliphatic hydroxyl groups excluding tert-OH is 1. The van der Waals surface area contributed by atoms with E-state index in [4.69, 9.17) is 9.47 Å². The van der Waals surface area contributed by atoms with Crippen LogP contribution in [0.25, 0.3) is 0 Å². The Morgan fingerprint density at radius 2 is 2.14 bits per heavy atom. The highest BCUT2D eigenvalue weighted by Crippen LogP contribution is 2.34. The molecule has 0 amide bonds. The molecule has 6 heteroatoms. The number of fused-ring (bicyclic) bond motifs is 1. The van der Waals surface area contributed by atoms with Crippen molar-refractivity contribution in [1.29, 1.82) is 0 Å². The maximum Gasteiger partial charge on any atom is 0.231 e. The SMILES string of the molecule is Cc1nccc(CNCC(O)c2ccc3c(c2)OCO3)n1. The highest BCUT2D eigenvalue weighted by molar-refractivity contribution is 5.45. The molecule has 6 nitrogen and oxygen atoms in total. The minimum atomic E-state index is -0.609. The summed E-state index contributed by atoms with van der Waals surface area (Å²) >= 11 is 0. The van der Waals surface area contributed by atoms with Crippen LogP contribution in [0.1, 0.15) is 23.2 Å². The summed E-state index contributed by atoms with van der Waals surface area (Å²) in [6, 6.07) is 7.32. The van der Waals surface area contributed by atoms with E-state index in [0.29, 0.717) is 18.8 Å². The Labute approximate surface area is 122 Å². The number of benzene rings is 1. The fourth-order valence-electron chi connectivity index (χ4n) is 2.18. The standard InChI is InChI=1S/C15H17N3O3/c1-10-17-5-4-12(18-10)7-16-8-13(19)11-2-3-14-15(6-11)21-9-20-14/h2-6,13,16,19H,7-9H2,1H3. The smallest absolute Gasteiger partial charge is 0.231 e. The van der Waals surface area contributed by atoms with Crippen molar-refractivity contribution >= 4 is 0 Å². The lowest BCUT2D eigenvalue weighted by molar-refractivity contribution is 0.170. The first-order chi connectivity index (χ1) is 10.2. The third kappa shape index (κ3) is 3.29. The number of aliphatic hydroxyl groups is 1. The summed E-state index contributed by atoms with van der Waals surface area (Å²) in [4.78, 5) is 8.35. The van der Waals surface area contributed by atoms with Gasteiger partial charge in [0.1, 0.15) is 5.82 Å². The first-order valence-corrected chi connectivity index (χ1v) is 6.79. The Kier molecular flexibility index (Phi) is 3.98. The Morgan fingerprint density at radius 3 is 3.00 bits per heavy atom. The number of aromatic nitrogens is 2. The zero-order valence-electron chi connectivity index (χ0n) is 11.7. The molecule has 1 aliphatic heterocycles. The van der Waals surface area contributed by atoms with Crippen molar-refractivity contribution < 1.29 is 14.6 Å². The largest absolute Gasteiger partial charge is 0.454 e. The Bertz CT molecular complexity index is 633. The van der Waals surface area contributed by atoms with Gasteiger partial charge in [0.15, 0.2) is 11.5 Å². The summed E-state index contributed by atoms with van der Waals surface area (Å²) in [5.74, 6) is 2.14. The Hall–Kier alpha value is -2.18. The molecule has 1 aromatic carbocycles. The maximum absolute atomic E-state index is 10.2.